The Balaban J connectivity index is 2.26. The highest BCUT2D eigenvalue weighted by atomic mass is 16.6. The van der Waals surface area contributed by atoms with Crippen LogP contribution in [0.25, 0.3) is 0 Å². The van der Waals surface area contributed by atoms with E-state index in [2.05, 4.69) is 40.3 Å². The summed E-state index contributed by atoms with van der Waals surface area (Å²) in [6, 6.07) is 0. The molecule has 22 heavy (non-hydrogen) atoms. The summed E-state index contributed by atoms with van der Waals surface area (Å²) >= 11 is 0. The second-order valence-corrected chi connectivity index (χ2v) is 7.99. The van der Waals surface area contributed by atoms with Gasteiger partial charge in [-0.15, -0.1) is 0 Å². The Hall–Kier alpha value is -0.890. The van der Waals surface area contributed by atoms with Crippen molar-refractivity contribution in [3.05, 3.63) is 23.8 Å². The highest BCUT2D eigenvalue weighted by Crippen LogP contribution is 2.45. The van der Waals surface area contributed by atoms with E-state index in [0.29, 0.717) is 30.1 Å². The van der Waals surface area contributed by atoms with Crippen LogP contribution in [-0.4, -0.2) is 17.5 Å². The average Bonchev–Trinajstić information content (AvgIpc) is 3.05. The Morgan fingerprint density at radius 1 is 1.41 bits per heavy atom. The first-order valence-electron chi connectivity index (χ1n) is 8.79. The molecule has 0 saturated carbocycles. The Labute approximate surface area is 136 Å². The van der Waals surface area contributed by atoms with Gasteiger partial charge in [0.05, 0.1) is 17.6 Å². The van der Waals surface area contributed by atoms with Gasteiger partial charge in [0.2, 0.25) is 0 Å². The average molecular weight is 304 g/mol. The van der Waals surface area contributed by atoms with Crippen LogP contribution in [0, 0.1) is 17.8 Å². The van der Waals surface area contributed by atoms with Crippen molar-refractivity contribution in [3.63, 3.8) is 0 Å². The van der Waals surface area contributed by atoms with Gasteiger partial charge in [-0.3, -0.25) is 4.79 Å². The lowest BCUT2D eigenvalue weighted by Crippen LogP contribution is -2.20. The molecule has 124 valence electrons. The van der Waals surface area contributed by atoms with Crippen LogP contribution in [0.2, 0.25) is 0 Å². The monoisotopic (exact) mass is 304 g/mol. The number of carbonyl (C=O) groups excluding carboxylic acids is 1. The zero-order valence-electron chi connectivity index (χ0n) is 14.9. The summed E-state index contributed by atoms with van der Waals surface area (Å²) in [6.07, 6.45) is 7.51. The predicted molar refractivity (Wildman–Crippen MR) is 91.8 cm³/mol. The quantitative estimate of drug-likeness (QED) is 0.525. The van der Waals surface area contributed by atoms with Gasteiger partial charge < -0.3 is 4.74 Å². The molecule has 2 heteroatoms. The van der Waals surface area contributed by atoms with Crippen LogP contribution in [0.1, 0.15) is 66.7 Å². The predicted octanol–water partition coefficient (Wildman–Crippen LogP) is 5.09. The number of fused-ring (bicyclic) bond motifs is 1. The molecule has 0 unspecified atom stereocenters. The van der Waals surface area contributed by atoms with E-state index in [9.17, 15) is 4.79 Å². The first-order chi connectivity index (χ1) is 10.2. The van der Waals surface area contributed by atoms with Gasteiger partial charge in [-0.25, -0.2) is 0 Å². The van der Waals surface area contributed by atoms with Gasteiger partial charge in [-0.2, -0.15) is 0 Å². The number of epoxide rings is 1. The van der Waals surface area contributed by atoms with E-state index in [1.54, 1.807) is 0 Å². The largest absolute Gasteiger partial charge is 0.366 e. The Kier molecular flexibility index (Phi) is 5.32. The summed E-state index contributed by atoms with van der Waals surface area (Å²) < 4.78 is 5.97. The first-order valence-corrected chi connectivity index (χ1v) is 8.79. The van der Waals surface area contributed by atoms with Crippen molar-refractivity contribution in [3.8, 4) is 0 Å². The summed E-state index contributed by atoms with van der Waals surface area (Å²) in [5, 5.41) is 0. The molecule has 2 rings (SSSR count). The lowest BCUT2D eigenvalue weighted by atomic mass is 9.82. The second kappa shape index (κ2) is 6.70. The van der Waals surface area contributed by atoms with E-state index < -0.39 is 0 Å². The van der Waals surface area contributed by atoms with E-state index >= 15 is 0 Å². The maximum atomic E-state index is 12.7. The van der Waals surface area contributed by atoms with Crippen LogP contribution in [0.15, 0.2) is 23.8 Å². The van der Waals surface area contributed by atoms with Crippen LogP contribution in [0.5, 0.6) is 0 Å². The Bertz CT molecular complexity index is 474. The highest BCUT2D eigenvalue weighted by Gasteiger charge is 2.51. The lowest BCUT2D eigenvalue weighted by molar-refractivity contribution is -0.121. The third kappa shape index (κ3) is 4.10. The number of hydrogen-bond acceptors (Lipinski definition) is 2. The number of hydrogen-bond donors (Lipinski definition) is 0. The number of ether oxygens (including phenoxy) is 1. The minimum Gasteiger partial charge on any atom is -0.366 e. The van der Waals surface area contributed by atoms with Crippen molar-refractivity contribution in [2.24, 2.45) is 17.8 Å². The third-order valence-electron chi connectivity index (χ3n) is 5.42. The molecular formula is C20H32O2. The minimum absolute atomic E-state index is 0.0651. The van der Waals surface area contributed by atoms with Gasteiger partial charge in [0.25, 0.3) is 0 Å². The topological polar surface area (TPSA) is 29.6 Å². The molecular weight excluding hydrogens is 272 g/mol. The third-order valence-corrected chi connectivity index (χ3v) is 5.42. The fourth-order valence-corrected chi connectivity index (χ4v) is 3.56. The summed E-state index contributed by atoms with van der Waals surface area (Å²) in [5.74, 6) is 1.12. The van der Waals surface area contributed by atoms with E-state index in [1.807, 2.05) is 6.92 Å². The van der Waals surface area contributed by atoms with E-state index in [1.165, 1.54) is 5.57 Å². The van der Waals surface area contributed by atoms with E-state index in [0.717, 1.165) is 31.3 Å². The van der Waals surface area contributed by atoms with Gasteiger partial charge in [0.15, 0.2) is 0 Å². The van der Waals surface area contributed by atoms with Gasteiger partial charge in [0, 0.05) is 6.42 Å². The lowest BCUT2D eigenvalue weighted by Gasteiger charge is -2.21. The van der Waals surface area contributed by atoms with Crippen molar-refractivity contribution >= 4 is 5.78 Å². The van der Waals surface area contributed by atoms with Crippen LogP contribution < -0.4 is 0 Å². The van der Waals surface area contributed by atoms with Crippen molar-refractivity contribution in [2.45, 2.75) is 78.4 Å². The Morgan fingerprint density at radius 3 is 2.68 bits per heavy atom. The molecule has 0 N–H and O–H groups in total. The highest BCUT2D eigenvalue weighted by molar-refractivity contribution is 5.85. The molecule has 1 aliphatic heterocycles. The number of Topliss-reactive ketones (excluding diaryl/α,β-unsaturated/α-hetero) is 1. The normalized spacial score (nSPS) is 39.3. The molecule has 0 aromatic heterocycles. The molecule has 4 atom stereocenters. The van der Waals surface area contributed by atoms with Crippen molar-refractivity contribution in [2.75, 3.05) is 0 Å². The van der Waals surface area contributed by atoms with E-state index in [-0.39, 0.29) is 11.5 Å². The fourth-order valence-electron chi connectivity index (χ4n) is 3.56. The maximum absolute atomic E-state index is 12.7. The van der Waals surface area contributed by atoms with Crippen molar-refractivity contribution in [1.29, 1.82) is 0 Å². The number of allylic oxidation sites excluding steroid dienone is 3. The molecule has 1 saturated heterocycles. The smallest absolute Gasteiger partial charge is 0.144 e. The molecule has 0 amide bonds. The maximum Gasteiger partial charge on any atom is 0.144 e. The molecule has 1 fully saturated rings. The summed E-state index contributed by atoms with van der Waals surface area (Å²) in [5.41, 5.74) is 2.42. The van der Waals surface area contributed by atoms with Gasteiger partial charge in [-0.1, -0.05) is 44.6 Å². The molecule has 0 aromatic rings. The minimum atomic E-state index is -0.108. The molecule has 2 aliphatic rings. The first kappa shape index (κ1) is 17.5. The number of ketones is 1. The Morgan fingerprint density at radius 2 is 2.09 bits per heavy atom. The van der Waals surface area contributed by atoms with Crippen LogP contribution in [0.3, 0.4) is 0 Å². The molecule has 2 nitrogen and oxygen atoms in total. The van der Waals surface area contributed by atoms with Gasteiger partial charge >= 0.3 is 0 Å². The zero-order chi connectivity index (χ0) is 16.5. The standard InChI is InChI=1S/C20H32O2/c1-13(2)16-9-10-20(6)19(22-20)8-7-15(5)11-18(21)17(12-16)14(3)4/h12-13,15,17,19H,3,7-11H2,1-2,4-6H3/b16-12-/t15-,17-,19+,20+/m0/s1. The van der Waals surface area contributed by atoms with Gasteiger partial charge in [-0.05, 0) is 51.4 Å². The SMILES string of the molecule is C=C(C)[C@@H]1/C=C(\C(C)C)CC[C@@]2(C)O[C@@H]2CC[C@H](C)CC1=O. The molecule has 1 heterocycles. The number of carbonyl (C=O) groups is 1. The van der Waals surface area contributed by atoms with Crippen LogP contribution >= 0.6 is 0 Å². The summed E-state index contributed by atoms with van der Waals surface area (Å²) in [4.78, 5) is 12.7. The van der Waals surface area contributed by atoms with Crippen molar-refractivity contribution in [1.82, 2.24) is 0 Å². The molecule has 1 aliphatic carbocycles. The van der Waals surface area contributed by atoms with E-state index in [4.69, 9.17) is 4.74 Å². The fraction of sp³-hybridized carbons (Fsp3) is 0.750. The molecule has 0 radical (unpaired) electrons. The van der Waals surface area contributed by atoms with Gasteiger partial charge in [0.1, 0.15) is 5.78 Å². The number of rotatable bonds is 2. The summed E-state index contributed by atoms with van der Waals surface area (Å²) in [7, 11) is 0. The van der Waals surface area contributed by atoms with Crippen LogP contribution in [0.4, 0.5) is 0 Å². The second-order valence-electron chi connectivity index (χ2n) is 7.99. The van der Waals surface area contributed by atoms with Crippen LogP contribution in [-0.2, 0) is 9.53 Å². The summed E-state index contributed by atoms with van der Waals surface area (Å²) in [6.45, 7) is 14.9. The van der Waals surface area contributed by atoms with Crippen molar-refractivity contribution < 1.29 is 9.53 Å². The zero-order valence-corrected chi connectivity index (χ0v) is 14.9. The molecule has 0 aromatic carbocycles. The molecule has 0 bridgehead atoms. The molecule has 0 spiro atoms.